The summed E-state index contributed by atoms with van der Waals surface area (Å²) in [4.78, 5) is 28.5. The second-order valence-corrected chi connectivity index (χ2v) is 5.64. The molecule has 2 heterocycles. The van der Waals surface area contributed by atoms with Crippen molar-refractivity contribution in [1.82, 2.24) is 10.1 Å². The summed E-state index contributed by atoms with van der Waals surface area (Å²) in [5, 5.41) is 9.46. The number of hydrogen-bond donors (Lipinski definition) is 2. The Hall–Kier alpha value is -3.19. The molecule has 8 heteroatoms. The van der Waals surface area contributed by atoms with Gasteiger partial charge in [-0.1, -0.05) is 22.8 Å². The van der Waals surface area contributed by atoms with Crippen LogP contribution in [0.5, 0.6) is 0 Å². The van der Waals surface area contributed by atoms with E-state index in [0.29, 0.717) is 16.5 Å². The maximum Gasteiger partial charge on any atom is 0.258 e. The molecule has 25 heavy (non-hydrogen) atoms. The number of halogens is 1. The average Bonchev–Trinajstić information content (AvgIpc) is 3.00. The minimum Gasteiger partial charge on any atom is -0.360 e. The van der Waals surface area contributed by atoms with Crippen LogP contribution >= 0.6 is 11.6 Å². The number of nitrogens with zero attached hydrogens (tertiary/aromatic N) is 2. The molecule has 3 aromatic rings. The lowest BCUT2D eigenvalue weighted by molar-refractivity contribution is 0.102. The van der Waals surface area contributed by atoms with Crippen molar-refractivity contribution < 1.29 is 14.1 Å². The molecule has 0 aliphatic rings. The Morgan fingerprint density at radius 3 is 2.40 bits per heavy atom. The standard InChI is InChI=1S/C17H13ClN4O3/c1-10-5-15(22-25-10)21-17(24)12-6-11(8-19-9-12)16(23)20-14-4-2-3-13(18)7-14/h2-9H,1H3,(H,20,23)(H,21,22,24). The second kappa shape index (κ2) is 7.14. The Morgan fingerprint density at radius 1 is 1.04 bits per heavy atom. The molecule has 0 radical (unpaired) electrons. The zero-order valence-electron chi connectivity index (χ0n) is 13.1. The van der Waals surface area contributed by atoms with Crippen LogP contribution in [-0.2, 0) is 0 Å². The van der Waals surface area contributed by atoms with Gasteiger partial charge in [-0.15, -0.1) is 0 Å². The van der Waals surface area contributed by atoms with Gasteiger partial charge in [-0.25, -0.2) is 0 Å². The highest BCUT2D eigenvalue weighted by Crippen LogP contribution is 2.16. The zero-order chi connectivity index (χ0) is 17.8. The number of nitrogens with one attached hydrogen (secondary N) is 2. The number of carbonyl (C=O) groups is 2. The third kappa shape index (κ3) is 4.21. The van der Waals surface area contributed by atoms with Crippen LogP contribution in [-0.4, -0.2) is 22.0 Å². The number of anilines is 2. The lowest BCUT2D eigenvalue weighted by Gasteiger charge is -2.07. The fourth-order valence-corrected chi connectivity index (χ4v) is 2.26. The SMILES string of the molecule is Cc1cc(NC(=O)c2cncc(C(=O)Nc3cccc(Cl)c3)c2)no1. The zero-order valence-corrected chi connectivity index (χ0v) is 13.9. The summed E-state index contributed by atoms with van der Waals surface area (Å²) < 4.78 is 4.88. The molecule has 3 rings (SSSR count). The Balaban J connectivity index is 1.74. The summed E-state index contributed by atoms with van der Waals surface area (Å²) in [5.74, 6) is 0.0132. The van der Waals surface area contributed by atoms with E-state index in [-0.39, 0.29) is 16.9 Å². The van der Waals surface area contributed by atoms with Crippen LogP contribution in [0.15, 0.2) is 53.3 Å². The highest BCUT2D eigenvalue weighted by molar-refractivity contribution is 6.31. The predicted octanol–water partition coefficient (Wildman–Crippen LogP) is 3.54. The van der Waals surface area contributed by atoms with E-state index in [0.717, 1.165) is 0 Å². The molecule has 0 aliphatic heterocycles. The van der Waals surface area contributed by atoms with E-state index in [1.165, 1.54) is 18.5 Å². The monoisotopic (exact) mass is 356 g/mol. The van der Waals surface area contributed by atoms with Gasteiger partial charge < -0.3 is 15.2 Å². The molecule has 0 unspecified atom stereocenters. The van der Waals surface area contributed by atoms with Crippen molar-refractivity contribution in [2.75, 3.05) is 10.6 Å². The first-order chi connectivity index (χ1) is 12.0. The van der Waals surface area contributed by atoms with E-state index < -0.39 is 11.8 Å². The molecule has 0 fully saturated rings. The van der Waals surface area contributed by atoms with E-state index >= 15 is 0 Å². The van der Waals surface area contributed by atoms with Crippen LogP contribution in [0, 0.1) is 6.92 Å². The number of aromatic nitrogens is 2. The molecule has 0 saturated carbocycles. The number of pyridine rings is 1. The highest BCUT2D eigenvalue weighted by Gasteiger charge is 2.13. The summed E-state index contributed by atoms with van der Waals surface area (Å²) in [6, 6.07) is 9.78. The van der Waals surface area contributed by atoms with Crippen LogP contribution in [0.4, 0.5) is 11.5 Å². The molecule has 0 atom stereocenters. The first-order valence-corrected chi connectivity index (χ1v) is 7.66. The van der Waals surface area contributed by atoms with Gasteiger partial charge in [-0.2, -0.15) is 0 Å². The second-order valence-electron chi connectivity index (χ2n) is 5.20. The van der Waals surface area contributed by atoms with Gasteiger partial charge in [0.25, 0.3) is 11.8 Å². The van der Waals surface area contributed by atoms with E-state index in [9.17, 15) is 9.59 Å². The van der Waals surface area contributed by atoms with Crippen LogP contribution in [0.2, 0.25) is 5.02 Å². The highest BCUT2D eigenvalue weighted by atomic mass is 35.5. The van der Waals surface area contributed by atoms with Crippen molar-refractivity contribution in [1.29, 1.82) is 0 Å². The Morgan fingerprint density at radius 2 is 1.76 bits per heavy atom. The molecular weight excluding hydrogens is 344 g/mol. The lowest BCUT2D eigenvalue weighted by Crippen LogP contribution is -2.16. The fraction of sp³-hybridized carbons (Fsp3) is 0.0588. The normalized spacial score (nSPS) is 10.3. The maximum absolute atomic E-state index is 12.3. The number of aryl methyl sites for hydroxylation is 1. The largest absolute Gasteiger partial charge is 0.360 e. The number of carbonyl (C=O) groups excluding carboxylic acids is 2. The minimum absolute atomic E-state index is 0.222. The van der Waals surface area contributed by atoms with Gasteiger partial charge in [-0.05, 0) is 31.2 Å². The third-order valence-electron chi connectivity index (χ3n) is 3.21. The lowest BCUT2D eigenvalue weighted by atomic mass is 10.2. The van der Waals surface area contributed by atoms with Crippen molar-refractivity contribution in [3.8, 4) is 0 Å². The summed E-state index contributed by atoms with van der Waals surface area (Å²) in [7, 11) is 0. The van der Waals surface area contributed by atoms with Crippen molar-refractivity contribution in [2.24, 2.45) is 0 Å². The van der Waals surface area contributed by atoms with Gasteiger partial charge in [0.05, 0.1) is 11.1 Å². The first kappa shape index (κ1) is 16.7. The molecule has 0 spiro atoms. The summed E-state index contributed by atoms with van der Waals surface area (Å²) >= 11 is 5.89. The number of hydrogen-bond acceptors (Lipinski definition) is 5. The number of amides is 2. The van der Waals surface area contributed by atoms with Crippen molar-refractivity contribution in [2.45, 2.75) is 6.92 Å². The van der Waals surface area contributed by atoms with Gasteiger partial charge in [0.2, 0.25) is 0 Å². The first-order valence-electron chi connectivity index (χ1n) is 7.28. The topological polar surface area (TPSA) is 97.1 Å². The summed E-state index contributed by atoms with van der Waals surface area (Å²) in [5.41, 5.74) is 1.01. The van der Waals surface area contributed by atoms with Crippen LogP contribution in [0.1, 0.15) is 26.5 Å². The quantitative estimate of drug-likeness (QED) is 0.745. The molecule has 2 amide bonds. The van der Waals surface area contributed by atoms with E-state index in [1.807, 2.05) is 0 Å². The molecule has 0 saturated heterocycles. The fourth-order valence-electron chi connectivity index (χ4n) is 2.07. The van der Waals surface area contributed by atoms with Crippen LogP contribution in [0.3, 0.4) is 0 Å². The maximum atomic E-state index is 12.3. The molecular formula is C17H13ClN4O3. The Kier molecular flexibility index (Phi) is 4.76. The smallest absolute Gasteiger partial charge is 0.258 e. The molecule has 2 aromatic heterocycles. The van der Waals surface area contributed by atoms with Crippen LogP contribution in [0.25, 0.3) is 0 Å². The van der Waals surface area contributed by atoms with Gasteiger partial charge in [0.15, 0.2) is 5.82 Å². The van der Waals surface area contributed by atoms with Gasteiger partial charge in [0, 0.05) is 29.2 Å². The van der Waals surface area contributed by atoms with Gasteiger partial charge in [0.1, 0.15) is 5.76 Å². The molecule has 126 valence electrons. The Labute approximate surface area is 148 Å². The molecule has 0 bridgehead atoms. The van der Waals surface area contributed by atoms with Gasteiger partial charge >= 0.3 is 0 Å². The van der Waals surface area contributed by atoms with Crippen LogP contribution < -0.4 is 10.6 Å². The minimum atomic E-state index is -0.446. The third-order valence-corrected chi connectivity index (χ3v) is 3.45. The van der Waals surface area contributed by atoms with E-state index in [4.69, 9.17) is 16.1 Å². The molecule has 1 aromatic carbocycles. The molecule has 7 nitrogen and oxygen atoms in total. The molecule has 2 N–H and O–H groups in total. The number of rotatable bonds is 4. The average molecular weight is 357 g/mol. The predicted molar refractivity (Wildman–Crippen MR) is 92.8 cm³/mol. The molecule has 0 aliphatic carbocycles. The van der Waals surface area contributed by atoms with Crippen molar-refractivity contribution in [3.63, 3.8) is 0 Å². The van der Waals surface area contributed by atoms with Crippen molar-refractivity contribution >= 4 is 34.9 Å². The summed E-state index contributed by atoms with van der Waals surface area (Å²) in [6.45, 7) is 1.71. The van der Waals surface area contributed by atoms with E-state index in [1.54, 1.807) is 37.3 Å². The summed E-state index contributed by atoms with van der Waals surface area (Å²) in [6.07, 6.45) is 2.73. The number of benzene rings is 1. The van der Waals surface area contributed by atoms with Gasteiger partial charge in [-0.3, -0.25) is 14.6 Å². The Bertz CT molecular complexity index is 939. The van der Waals surface area contributed by atoms with Crippen molar-refractivity contribution in [3.05, 3.63) is 70.7 Å². The van der Waals surface area contributed by atoms with E-state index in [2.05, 4.69) is 20.8 Å².